The minimum absolute atomic E-state index is 0.0584. The molecule has 0 aliphatic heterocycles. The summed E-state index contributed by atoms with van der Waals surface area (Å²) in [7, 11) is 3.40. The Labute approximate surface area is 82.9 Å². The van der Waals surface area contributed by atoms with Crippen molar-refractivity contribution in [3.63, 3.8) is 0 Å². The monoisotopic (exact) mass is 194 g/mol. The van der Waals surface area contributed by atoms with Crippen molar-refractivity contribution in [1.29, 1.82) is 0 Å². The first kappa shape index (κ1) is 9.40. The van der Waals surface area contributed by atoms with Gasteiger partial charge in [0.05, 0.1) is 11.8 Å². The third-order valence-corrected chi connectivity index (χ3v) is 2.55. The van der Waals surface area contributed by atoms with Gasteiger partial charge in [-0.2, -0.15) is 5.10 Å². The van der Waals surface area contributed by atoms with Crippen LogP contribution in [0.1, 0.15) is 23.2 Å². The van der Waals surface area contributed by atoms with Crippen molar-refractivity contribution in [2.75, 3.05) is 7.11 Å². The highest BCUT2D eigenvalue weighted by Crippen LogP contribution is 2.35. The molecule has 1 saturated carbocycles. The predicted octanol–water partition coefficient (Wildman–Crippen LogP) is 1.03. The Morgan fingerprint density at radius 2 is 2.43 bits per heavy atom. The lowest BCUT2D eigenvalue weighted by Gasteiger charge is -2.11. The number of carbonyl (C=O) groups is 1. The van der Waals surface area contributed by atoms with E-state index in [4.69, 9.17) is 4.74 Å². The average molecular weight is 194 g/mol. The maximum atomic E-state index is 11.9. The molecule has 0 spiro atoms. The summed E-state index contributed by atoms with van der Waals surface area (Å²) in [6.45, 7) is 0. The lowest BCUT2D eigenvalue weighted by Crippen LogP contribution is -2.24. The molecule has 1 unspecified atom stereocenters. The number of aryl methyl sites for hydroxylation is 1. The smallest absolute Gasteiger partial charge is 0.194 e. The van der Waals surface area contributed by atoms with E-state index in [9.17, 15) is 4.79 Å². The van der Waals surface area contributed by atoms with Gasteiger partial charge in [0.25, 0.3) is 0 Å². The Balaban J connectivity index is 2.13. The normalized spacial score (nSPS) is 18.1. The number of Topliss-reactive ketones (excluding diaryl/α,β-unsaturated/α-hetero) is 1. The zero-order valence-corrected chi connectivity index (χ0v) is 8.43. The molecule has 1 atom stereocenters. The SMILES string of the molecule is COC(C(=O)c1cnn(C)c1)C1CC1. The molecule has 4 heteroatoms. The van der Waals surface area contributed by atoms with Crippen LogP contribution in [0.15, 0.2) is 12.4 Å². The molecule has 0 bridgehead atoms. The maximum Gasteiger partial charge on any atom is 0.194 e. The lowest BCUT2D eigenvalue weighted by molar-refractivity contribution is 0.0540. The van der Waals surface area contributed by atoms with Crippen molar-refractivity contribution >= 4 is 5.78 Å². The standard InChI is InChI=1S/C10H14N2O2/c1-12-6-8(5-11-12)9(13)10(14-2)7-3-4-7/h5-7,10H,3-4H2,1-2H3. The van der Waals surface area contributed by atoms with Gasteiger partial charge in [0.15, 0.2) is 5.78 Å². The molecule has 14 heavy (non-hydrogen) atoms. The Bertz CT molecular complexity index is 342. The lowest BCUT2D eigenvalue weighted by atomic mass is 10.1. The molecule has 0 aromatic carbocycles. The van der Waals surface area contributed by atoms with Crippen LogP contribution in [0.2, 0.25) is 0 Å². The van der Waals surface area contributed by atoms with Crippen molar-refractivity contribution in [3.05, 3.63) is 18.0 Å². The first-order valence-corrected chi connectivity index (χ1v) is 4.78. The number of methoxy groups -OCH3 is 1. The van der Waals surface area contributed by atoms with Crippen molar-refractivity contribution in [2.24, 2.45) is 13.0 Å². The fourth-order valence-corrected chi connectivity index (χ4v) is 1.63. The van der Waals surface area contributed by atoms with Crippen molar-refractivity contribution < 1.29 is 9.53 Å². The number of carbonyl (C=O) groups excluding carboxylic acids is 1. The zero-order valence-electron chi connectivity index (χ0n) is 8.43. The van der Waals surface area contributed by atoms with E-state index in [1.165, 1.54) is 0 Å². The van der Waals surface area contributed by atoms with Gasteiger partial charge in [-0.15, -0.1) is 0 Å². The van der Waals surface area contributed by atoms with E-state index in [-0.39, 0.29) is 11.9 Å². The summed E-state index contributed by atoms with van der Waals surface area (Å²) >= 11 is 0. The molecule has 2 rings (SSSR count). The summed E-state index contributed by atoms with van der Waals surface area (Å²) in [5.74, 6) is 0.482. The predicted molar refractivity (Wildman–Crippen MR) is 51.1 cm³/mol. The fraction of sp³-hybridized carbons (Fsp3) is 0.600. The molecule has 1 aromatic rings. The quantitative estimate of drug-likeness (QED) is 0.672. The summed E-state index contributed by atoms with van der Waals surface area (Å²) in [6.07, 6.45) is 5.27. The Kier molecular flexibility index (Phi) is 2.37. The molecule has 0 N–H and O–H groups in total. The molecule has 1 aromatic heterocycles. The van der Waals surface area contributed by atoms with E-state index >= 15 is 0 Å². The molecule has 76 valence electrons. The number of hydrogen-bond acceptors (Lipinski definition) is 3. The molecule has 4 nitrogen and oxygen atoms in total. The molecule has 0 radical (unpaired) electrons. The first-order valence-electron chi connectivity index (χ1n) is 4.78. The van der Waals surface area contributed by atoms with Gasteiger partial charge in [-0.1, -0.05) is 0 Å². The second-order valence-corrected chi connectivity index (χ2v) is 3.76. The number of aromatic nitrogens is 2. The molecule has 1 heterocycles. The van der Waals surface area contributed by atoms with Gasteiger partial charge in [-0.3, -0.25) is 9.48 Å². The van der Waals surface area contributed by atoms with Gasteiger partial charge < -0.3 is 4.74 Å². The van der Waals surface area contributed by atoms with Gasteiger partial charge in [-0.05, 0) is 18.8 Å². The zero-order chi connectivity index (χ0) is 10.1. The summed E-state index contributed by atoms with van der Waals surface area (Å²) in [4.78, 5) is 11.9. The highest BCUT2D eigenvalue weighted by Gasteiger charge is 2.36. The molecule has 0 saturated heterocycles. The van der Waals surface area contributed by atoms with Gasteiger partial charge in [0.1, 0.15) is 6.10 Å². The van der Waals surface area contributed by atoms with Crippen LogP contribution in [0.4, 0.5) is 0 Å². The van der Waals surface area contributed by atoms with Crippen LogP contribution in [-0.2, 0) is 11.8 Å². The molecular formula is C10H14N2O2. The van der Waals surface area contributed by atoms with Crippen molar-refractivity contribution in [2.45, 2.75) is 18.9 Å². The van der Waals surface area contributed by atoms with Crippen LogP contribution in [0, 0.1) is 5.92 Å². The van der Waals surface area contributed by atoms with Crippen LogP contribution in [0.5, 0.6) is 0 Å². The van der Waals surface area contributed by atoms with Crippen LogP contribution in [-0.4, -0.2) is 28.8 Å². The highest BCUT2D eigenvalue weighted by atomic mass is 16.5. The average Bonchev–Trinajstić information content (AvgIpc) is 2.90. The van der Waals surface area contributed by atoms with E-state index in [0.29, 0.717) is 11.5 Å². The maximum absolute atomic E-state index is 11.9. The van der Waals surface area contributed by atoms with E-state index in [1.54, 1.807) is 31.2 Å². The second kappa shape index (κ2) is 3.53. The summed E-state index contributed by atoms with van der Waals surface area (Å²) in [5.41, 5.74) is 0.645. The van der Waals surface area contributed by atoms with Crippen molar-refractivity contribution in [1.82, 2.24) is 9.78 Å². The highest BCUT2D eigenvalue weighted by molar-refractivity contribution is 5.99. The fourth-order valence-electron chi connectivity index (χ4n) is 1.63. The Morgan fingerprint density at radius 1 is 1.71 bits per heavy atom. The molecular weight excluding hydrogens is 180 g/mol. The van der Waals surface area contributed by atoms with Crippen LogP contribution in [0.3, 0.4) is 0 Å². The van der Waals surface area contributed by atoms with Crippen LogP contribution >= 0.6 is 0 Å². The minimum Gasteiger partial charge on any atom is -0.373 e. The minimum atomic E-state index is -0.265. The summed E-state index contributed by atoms with van der Waals surface area (Å²) < 4.78 is 6.84. The Morgan fingerprint density at radius 3 is 2.86 bits per heavy atom. The van der Waals surface area contributed by atoms with Gasteiger partial charge in [0, 0.05) is 20.4 Å². The second-order valence-electron chi connectivity index (χ2n) is 3.76. The molecule has 1 aliphatic rings. The molecule has 1 fully saturated rings. The number of hydrogen-bond donors (Lipinski definition) is 0. The van der Waals surface area contributed by atoms with E-state index < -0.39 is 0 Å². The molecule has 0 amide bonds. The van der Waals surface area contributed by atoms with E-state index in [2.05, 4.69) is 5.10 Å². The van der Waals surface area contributed by atoms with E-state index in [1.807, 2.05) is 0 Å². The third-order valence-electron chi connectivity index (χ3n) is 2.55. The summed E-state index contributed by atoms with van der Waals surface area (Å²) in [5, 5.41) is 3.97. The Hall–Kier alpha value is -1.16. The van der Waals surface area contributed by atoms with Gasteiger partial charge in [-0.25, -0.2) is 0 Å². The number of ketones is 1. The first-order chi connectivity index (χ1) is 6.72. The van der Waals surface area contributed by atoms with Crippen molar-refractivity contribution in [3.8, 4) is 0 Å². The van der Waals surface area contributed by atoms with Crippen LogP contribution < -0.4 is 0 Å². The van der Waals surface area contributed by atoms with E-state index in [0.717, 1.165) is 12.8 Å². The van der Waals surface area contributed by atoms with Crippen LogP contribution in [0.25, 0.3) is 0 Å². The largest absolute Gasteiger partial charge is 0.373 e. The number of ether oxygens (including phenoxy) is 1. The molecule has 1 aliphatic carbocycles. The van der Waals surface area contributed by atoms with Gasteiger partial charge in [0.2, 0.25) is 0 Å². The number of nitrogens with zero attached hydrogens (tertiary/aromatic N) is 2. The third kappa shape index (κ3) is 1.70. The number of rotatable bonds is 4. The topological polar surface area (TPSA) is 44.1 Å². The summed E-state index contributed by atoms with van der Waals surface area (Å²) in [6, 6.07) is 0. The van der Waals surface area contributed by atoms with Gasteiger partial charge >= 0.3 is 0 Å².